The van der Waals surface area contributed by atoms with Crippen LogP contribution in [0, 0.1) is 5.82 Å². The summed E-state index contributed by atoms with van der Waals surface area (Å²) in [6.07, 6.45) is 1.94. The molecule has 0 radical (unpaired) electrons. The molecule has 0 saturated heterocycles. The van der Waals surface area contributed by atoms with Gasteiger partial charge in [0.05, 0.1) is 12.1 Å². The Morgan fingerprint density at radius 2 is 2.16 bits per heavy atom. The van der Waals surface area contributed by atoms with Crippen LogP contribution >= 0.6 is 0 Å². The number of rotatable bonds is 2. The summed E-state index contributed by atoms with van der Waals surface area (Å²) in [6, 6.07) is 8.93. The Balaban J connectivity index is 1.64. The van der Waals surface area contributed by atoms with E-state index in [9.17, 15) is 14.0 Å². The van der Waals surface area contributed by atoms with Crippen LogP contribution in [0.5, 0.6) is 0 Å². The van der Waals surface area contributed by atoms with Gasteiger partial charge in [-0.1, -0.05) is 17.3 Å². The van der Waals surface area contributed by atoms with Crippen molar-refractivity contribution in [3.8, 4) is 11.3 Å². The molecular formula is C18H14FN3O3. The van der Waals surface area contributed by atoms with Gasteiger partial charge < -0.3 is 14.4 Å². The zero-order chi connectivity index (χ0) is 17.4. The number of hydrogen-bond acceptors (Lipinski definition) is 4. The van der Waals surface area contributed by atoms with Crippen LogP contribution in [0.2, 0.25) is 0 Å². The van der Waals surface area contributed by atoms with E-state index in [4.69, 9.17) is 4.52 Å². The molecule has 0 atom stereocenters. The topological polar surface area (TPSA) is 79.2 Å². The first-order valence-corrected chi connectivity index (χ1v) is 7.83. The Morgan fingerprint density at radius 1 is 1.28 bits per heavy atom. The van der Waals surface area contributed by atoms with Crippen LogP contribution in [0.3, 0.4) is 0 Å². The molecule has 1 aromatic carbocycles. The normalized spacial score (nSPS) is 13.6. The lowest BCUT2D eigenvalue weighted by Gasteiger charge is -2.26. The molecule has 0 fully saturated rings. The van der Waals surface area contributed by atoms with Crippen molar-refractivity contribution in [2.24, 2.45) is 0 Å². The minimum absolute atomic E-state index is 0.187. The Morgan fingerprint density at radius 3 is 2.92 bits per heavy atom. The molecule has 2 aromatic heterocycles. The summed E-state index contributed by atoms with van der Waals surface area (Å²) < 4.78 is 18.9. The van der Waals surface area contributed by atoms with Crippen molar-refractivity contribution < 1.29 is 13.7 Å². The quantitative estimate of drug-likeness (QED) is 0.777. The van der Waals surface area contributed by atoms with Crippen molar-refractivity contribution in [3.05, 3.63) is 75.7 Å². The summed E-state index contributed by atoms with van der Waals surface area (Å²) in [5, 5.41) is 4.06. The van der Waals surface area contributed by atoms with Crippen molar-refractivity contribution in [1.29, 1.82) is 0 Å². The van der Waals surface area contributed by atoms with Crippen LogP contribution in [0.1, 0.15) is 21.7 Å². The van der Waals surface area contributed by atoms with Crippen molar-refractivity contribution in [1.82, 2.24) is 15.0 Å². The number of nitrogens with zero attached hydrogens (tertiary/aromatic N) is 2. The molecule has 3 aromatic rings. The minimum Gasteiger partial charge on any atom is -0.360 e. The molecule has 6 nitrogen and oxygen atoms in total. The van der Waals surface area contributed by atoms with Gasteiger partial charge in [-0.05, 0) is 18.2 Å². The second-order valence-electron chi connectivity index (χ2n) is 5.86. The molecule has 1 aliphatic rings. The van der Waals surface area contributed by atoms with Gasteiger partial charge >= 0.3 is 0 Å². The number of aromatic amines is 1. The lowest BCUT2D eigenvalue weighted by atomic mass is 10.0. The first kappa shape index (κ1) is 15.3. The second-order valence-corrected chi connectivity index (χ2v) is 5.86. The fourth-order valence-corrected chi connectivity index (χ4v) is 2.97. The number of H-pyrrole nitrogens is 1. The highest BCUT2D eigenvalue weighted by molar-refractivity contribution is 5.94. The molecule has 1 amide bonds. The number of aromatic nitrogens is 2. The third-order valence-corrected chi connectivity index (χ3v) is 4.24. The fraction of sp³-hybridized carbons (Fsp3) is 0.167. The van der Waals surface area contributed by atoms with Gasteiger partial charge in [0.2, 0.25) is 5.56 Å². The van der Waals surface area contributed by atoms with Crippen LogP contribution in [0.15, 0.2) is 51.9 Å². The molecule has 0 unspecified atom stereocenters. The van der Waals surface area contributed by atoms with E-state index in [0.717, 1.165) is 5.56 Å². The molecule has 0 spiro atoms. The number of pyridine rings is 1. The van der Waals surface area contributed by atoms with Crippen molar-refractivity contribution >= 4 is 5.91 Å². The SMILES string of the molecule is O=C(c1ccc(=O)[nH]c1)N1CCc2onc(-c3cccc(F)c3)c2C1. The fourth-order valence-electron chi connectivity index (χ4n) is 2.97. The molecular weight excluding hydrogens is 325 g/mol. The first-order valence-electron chi connectivity index (χ1n) is 7.83. The molecule has 0 aliphatic carbocycles. The maximum absolute atomic E-state index is 13.5. The average molecular weight is 339 g/mol. The third-order valence-electron chi connectivity index (χ3n) is 4.24. The van der Waals surface area contributed by atoms with E-state index in [0.29, 0.717) is 42.1 Å². The van der Waals surface area contributed by atoms with Crippen LogP contribution in [0.4, 0.5) is 4.39 Å². The predicted octanol–water partition coefficient (Wildman–Crippen LogP) is 2.37. The summed E-state index contributed by atoms with van der Waals surface area (Å²) in [6.45, 7) is 0.811. The number of nitrogens with one attached hydrogen (secondary N) is 1. The third kappa shape index (κ3) is 2.84. The van der Waals surface area contributed by atoms with E-state index in [-0.39, 0.29) is 17.3 Å². The number of carbonyl (C=O) groups is 1. The largest absolute Gasteiger partial charge is 0.360 e. The summed E-state index contributed by atoms with van der Waals surface area (Å²) in [7, 11) is 0. The Labute approximate surface area is 141 Å². The molecule has 0 bridgehead atoms. The van der Waals surface area contributed by atoms with Gasteiger partial charge in [0.1, 0.15) is 17.3 Å². The van der Waals surface area contributed by atoms with Gasteiger partial charge in [0.25, 0.3) is 5.91 Å². The maximum atomic E-state index is 13.5. The maximum Gasteiger partial charge on any atom is 0.255 e. The minimum atomic E-state index is -0.355. The smallest absolute Gasteiger partial charge is 0.255 e. The highest BCUT2D eigenvalue weighted by Gasteiger charge is 2.28. The van der Waals surface area contributed by atoms with Gasteiger partial charge in [0.15, 0.2) is 0 Å². The van der Waals surface area contributed by atoms with E-state index < -0.39 is 0 Å². The van der Waals surface area contributed by atoms with E-state index >= 15 is 0 Å². The van der Waals surface area contributed by atoms with Gasteiger partial charge in [-0.2, -0.15) is 0 Å². The zero-order valence-electron chi connectivity index (χ0n) is 13.2. The lowest BCUT2D eigenvalue weighted by Crippen LogP contribution is -2.36. The molecule has 3 heterocycles. The Kier molecular flexibility index (Phi) is 3.68. The average Bonchev–Trinajstić information content (AvgIpc) is 3.05. The Hall–Kier alpha value is -3.22. The summed E-state index contributed by atoms with van der Waals surface area (Å²) in [4.78, 5) is 27.9. The van der Waals surface area contributed by atoms with Crippen LogP contribution in [-0.2, 0) is 13.0 Å². The van der Waals surface area contributed by atoms with Gasteiger partial charge in [0, 0.05) is 36.4 Å². The number of amides is 1. The number of fused-ring (bicyclic) bond motifs is 1. The van der Waals surface area contributed by atoms with Crippen molar-refractivity contribution in [3.63, 3.8) is 0 Å². The summed E-state index contributed by atoms with van der Waals surface area (Å²) in [5.74, 6) is 0.171. The van der Waals surface area contributed by atoms with E-state index in [1.54, 1.807) is 17.0 Å². The van der Waals surface area contributed by atoms with Crippen molar-refractivity contribution in [2.75, 3.05) is 6.54 Å². The number of hydrogen-bond donors (Lipinski definition) is 1. The monoisotopic (exact) mass is 339 g/mol. The lowest BCUT2D eigenvalue weighted by molar-refractivity contribution is 0.0728. The van der Waals surface area contributed by atoms with Crippen LogP contribution in [0.25, 0.3) is 11.3 Å². The van der Waals surface area contributed by atoms with E-state index in [1.807, 2.05) is 0 Å². The summed E-state index contributed by atoms with van der Waals surface area (Å²) >= 11 is 0. The van der Waals surface area contributed by atoms with Gasteiger partial charge in [-0.15, -0.1) is 0 Å². The van der Waals surface area contributed by atoms with E-state index in [1.165, 1.54) is 30.5 Å². The molecule has 4 rings (SSSR count). The molecule has 1 aliphatic heterocycles. The Bertz CT molecular complexity index is 988. The highest BCUT2D eigenvalue weighted by Crippen LogP contribution is 2.30. The number of halogens is 1. The van der Waals surface area contributed by atoms with Gasteiger partial charge in [-0.25, -0.2) is 4.39 Å². The van der Waals surface area contributed by atoms with Gasteiger partial charge in [-0.3, -0.25) is 9.59 Å². The molecule has 1 N–H and O–H groups in total. The first-order chi connectivity index (χ1) is 12.1. The van der Waals surface area contributed by atoms with Crippen LogP contribution < -0.4 is 5.56 Å². The molecule has 126 valence electrons. The standard InChI is InChI=1S/C18H14FN3O3/c19-13-3-1-2-11(8-13)17-14-10-22(7-6-15(14)25-21-17)18(24)12-4-5-16(23)20-9-12/h1-5,8-9H,6-7,10H2,(H,20,23). The molecule has 0 saturated carbocycles. The number of benzene rings is 1. The molecule has 25 heavy (non-hydrogen) atoms. The second kappa shape index (κ2) is 6.01. The molecule has 7 heteroatoms. The van der Waals surface area contributed by atoms with E-state index in [2.05, 4.69) is 10.1 Å². The number of carbonyl (C=O) groups excluding carboxylic acids is 1. The highest BCUT2D eigenvalue weighted by atomic mass is 19.1. The zero-order valence-corrected chi connectivity index (χ0v) is 13.2. The van der Waals surface area contributed by atoms with Crippen LogP contribution in [-0.4, -0.2) is 27.5 Å². The predicted molar refractivity (Wildman–Crippen MR) is 87.4 cm³/mol. The summed E-state index contributed by atoms with van der Waals surface area (Å²) in [5.41, 5.74) is 2.10. The van der Waals surface area contributed by atoms with Crippen molar-refractivity contribution in [2.45, 2.75) is 13.0 Å².